The Morgan fingerprint density at radius 3 is 2.57 bits per heavy atom. The number of nitrogens with one attached hydrogen (secondary N) is 2. The van der Waals surface area contributed by atoms with Crippen LogP contribution < -0.4 is 10.6 Å². The van der Waals surface area contributed by atoms with Gasteiger partial charge in [0.25, 0.3) is 0 Å². The lowest BCUT2D eigenvalue weighted by Gasteiger charge is -2.42. The third-order valence-corrected chi connectivity index (χ3v) is 6.58. The highest BCUT2D eigenvalue weighted by molar-refractivity contribution is 5.95. The molecule has 9 nitrogen and oxygen atoms in total. The van der Waals surface area contributed by atoms with Crippen LogP contribution in [0, 0.1) is 13.8 Å². The molecule has 0 spiro atoms. The van der Waals surface area contributed by atoms with Crippen molar-refractivity contribution in [3.05, 3.63) is 46.2 Å². The molecule has 0 bridgehead atoms. The summed E-state index contributed by atoms with van der Waals surface area (Å²) in [5.41, 5.74) is 4.01. The Kier molecular flexibility index (Phi) is 8.43. The van der Waals surface area contributed by atoms with Gasteiger partial charge >= 0.3 is 18.0 Å². The van der Waals surface area contributed by atoms with E-state index < -0.39 is 12.0 Å². The zero-order valence-electron chi connectivity index (χ0n) is 22.0. The molecule has 4 amide bonds. The number of nitrogens with zero attached hydrogens (tertiary/aromatic N) is 3. The first-order valence-corrected chi connectivity index (χ1v) is 12.3. The number of rotatable bonds is 6. The molecule has 0 aromatic heterocycles. The fourth-order valence-corrected chi connectivity index (χ4v) is 4.72. The molecule has 2 aliphatic rings. The van der Waals surface area contributed by atoms with Crippen LogP contribution in [0.4, 0.5) is 9.59 Å². The highest BCUT2D eigenvalue weighted by atomic mass is 16.5. The van der Waals surface area contributed by atoms with E-state index in [4.69, 9.17) is 4.74 Å². The molecule has 2 atom stereocenters. The molecular formula is C26H39N5O4. The van der Waals surface area contributed by atoms with E-state index in [0.717, 1.165) is 16.7 Å². The number of hydrogen-bond acceptors (Lipinski definition) is 5. The Morgan fingerprint density at radius 1 is 1.23 bits per heavy atom. The zero-order chi connectivity index (χ0) is 25.9. The summed E-state index contributed by atoms with van der Waals surface area (Å²) in [6, 6.07) is 5.17. The number of urea groups is 2. The van der Waals surface area contributed by atoms with Crippen LogP contribution in [-0.2, 0) is 9.53 Å². The van der Waals surface area contributed by atoms with Crippen LogP contribution in [0.1, 0.15) is 50.4 Å². The molecule has 35 heavy (non-hydrogen) atoms. The summed E-state index contributed by atoms with van der Waals surface area (Å²) in [6.07, 6.45) is 0. The number of esters is 1. The van der Waals surface area contributed by atoms with E-state index in [0.29, 0.717) is 37.4 Å². The summed E-state index contributed by atoms with van der Waals surface area (Å²) in [4.78, 5) is 44.3. The van der Waals surface area contributed by atoms with Gasteiger partial charge in [-0.05, 0) is 52.7 Å². The largest absolute Gasteiger partial charge is 0.463 e. The lowest BCUT2D eigenvalue weighted by Crippen LogP contribution is -2.58. The van der Waals surface area contributed by atoms with Gasteiger partial charge in [-0.25, -0.2) is 14.4 Å². The molecule has 0 radical (unpaired) electrons. The number of likely N-dealkylation sites (N-methyl/N-ethyl adjacent to an activating group) is 1. The number of carbonyl (C=O) groups is 3. The molecule has 0 aliphatic carbocycles. The van der Waals surface area contributed by atoms with Crippen molar-refractivity contribution in [3.63, 3.8) is 0 Å². The van der Waals surface area contributed by atoms with Crippen molar-refractivity contribution in [1.29, 1.82) is 0 Å². The maximum atomic E-state index is 13.3. The Bertz CT molecular complexity index is 1010. The van der Waals surface area contributed by atoms with Crippen LogP contribution in [0.15, 0.2) is 29.5 Å². The van der Waals surface area contributed by atoms with Gasteiger partial charge in [0.05, 0.1) is 18.2 Å². The lowest BCUT2D eigenvalue weighted by molar-refractivity contribution is -0.139. The van der Waals surface area contributed by atoms with E-state index in [9.17, 15) is 14.4 Å². The van der Waals surface area contributed by atoms with E-state index in [1.165, 1.54) is 4.90 Å². The number of aryl methyl sites for hydroxylation is 2. The number of hydrogen-bond donors (Lipinski definition) is 2. The first-order valence-electron chi connectivity index (χ1n) is 12.3. The van der Waals surface area contributed by atoms with E-state index in [-0.39, 0.29) is 30.8 Å². The molecule has 1 aromatic rings. The van der Waals surface area contributed by atoms with Crippen molar-refractivity contribution in [2.75, 3.05) is 39.8 Å². The highest BCUT2D eigenvalue weighted by Crippen LogP contribution is 2.33. The summed E-state index contributed by atoms with van der Waals surface area (Å²) in [6.45, 7) is 14.1. The van der Waals surface area contributed by atoms with Crippen molar-refractivity contribution < 1.29 is 19.1 Å². The van der Waals surface area contributed by atoms with Crippen molar-refractivity contribution in [3.8, 4) is 0 Å². The monoisotopic (exact) mass is 485 g/mol. The van der Waals surface area contributed by atoms with Crippen LogP contribution in [0.3, 0.4) is 0 Å². The summed E-state index contributed by atoms with van der Waals surface area (Å²) in [5, 5.41) is 5.96. The number of benzene rings is 1. The molecule has 0 unspecified atom stereocenters. The Balaban J connectivity index is 1.94. The predicted octanol–water partition coefficient (Wildman–Crippen LogP) is 2.94. The van der Waals surface area contributed by atoms with Crippen LogP contribution in [0.25, 0.3) is 0 Å². The van der Waals surface area contributed by atoms with Crippen molar-refractivity contribution in [2.24, 2.45) is 0 Å². The second-order valence-corrected chi connectivity index (χ2v) is 9.76. The minimum Gasteiger partial charge on any atom is -0.463 e. The SMILES string of the molecule is CCOC(=O)C1=C(CN2CCN(C(=O)NC(C)C)[C@@H](C)C2)N(C)C(=O)N[C@@H]1c1cc(C)ccc1C. The molecule has 2 N–H and O–H groups in total. The highest BCUT2D eigenvalue weighted by Gasteiger charge is 2.39. The maximum Gasteiger partial charge on any atom is 0.338 e. The van der Waals surface area contributed by atoms with Crippen LogP contribution in [-0.4, -0.2) is 84.6 Å². The second-order valence-electron chi connectivity index (χ2n) is 9.76. The summed E-state index contributed by atoms with van der Waals surface area (Å²) in [5.74, 6) is -0.428. The zero-order valence-corrected chi connectivity index (χ0v) is 22.0. The molecule has 0 saturated carbocycles. The number of amides is 4. The minimum absolute atomic E-state index is 0.00770. The van der Waals surface area contributed by atoms with Crippen LogP contribution >= 0.6 is 0 Å². The lowest BCUT2D eigenvalue weighted by atomic mass is 9.90. The van der Waals surface area contributed by atoms with Gasteiger partial charge in [0.15, 0.2) is 0 Å². The summed E-state index contributed by atoms with van der Waals surface area (Å²) in [7, 11) is 1.68. The predicted molar refractivity (Wildman–Crippen MR) is 135 cm³/mol. The van der Waals surface area contributed by atoms with E-state index >= 15 is 0 Å². The molecule has 2 aliphatic heterocycles. The van der Waals surface area contributed by atoms with Crippen LogP contribution in [0.5, 0.6) is 0 Å². The number of carbonyl (C=O) groups excluding carboxylic acids is 3. The van der Waals surface area contributed by atoms with E-state index in [2.05, 4.69) is 15.5 Å². The van der Waals surface area contributed by atoms with Gasteiger partial charge in [0.2, 0.25) is 0 Å². The first kappa shape index (κ1) is 26.5. The number of ether oxygens (including phenoxy) is 1. The second kappa shape index (κ2) is 11.1. The molecule has 192 valence electrons. The normalized spacial score (nSPS) is 21.3. The Labute approximate surface area is 208 Å². The van der Waals surface area contributed by atoms with Gasteiger partial charge < -0.3 is 20.3 Å². The topological polar surface area (TPSA) is 94.2 Å². The van der Waals surface area contributed by atoms with Gasteiger partial charge in [0, 0.05) is 51.0 Å². The van der Waals surface area contributed by atoms with Crippen molar-refractivity contribution >= 4 is 18.0 Å². The van der Waals surface area contributed by atoms with Gasteiger partial charge in [-0.15, -0.1) is 0 Å². The average molecular weight is 486 g/mol. The average Bonchev–Trinajstić information content (AvgIpc) is 2.78. The Hall–Kier alpha value is -3.07. The van der Waals surface area contributed by atoms with Crippen molar-refractivity contribution in [2.45, 2.75) is 59.7 Å². The van der Waals surface area contributed by atoms with Gasteiger partial charge in [-0.2, -0.15) is 0 Å². The number of piperazine rings is 1. The third kappa shape index (κ3) is 5.96. The van der Waals surface area contributed by atoms with Crippen molar-refractivity contribution in [1.82, 2.24) is 25.3 Å². The fraction of sp³-hybridized carbons (Fsp3) is 0.577. The standard InChI is InChI=1S/C26H39N5O4/c1-8-35-24(32)22-21(15-30-11-12-31(19(6)14-30)26(34)27-16(2)3)29(7)25(33)28-23(22)20-13-17(4)9-10-18(20)5/h9-10,13,16,19,23H,8,11-12,14-15H2,1-7H3,(H,27,34)(H,28,33)/t19-,23+/m0/s1. The third-order valence-electron chi connectivity index (χ3n) is 6.58. The van der Waals surface area contributed by atoms with Crippen LogP contribution in [0.2, 0.25) is 0 Å². The maximum absolute atomic E-state index is 13.3. The molecule has 1 saturated heterocycles. The quantitative estimate of drug-likeness (QED) is 0.605. The smallest absolute Gasteiger partial charge is 0.338 e. The molecule has 9 heteroatoms. The van der Waals surface area contributed by atoms with Gasteiger partial charge in [-0.3, -0.25) is 9.80 Å². The molecule has 3 rings (SSSR count). The molecule has 2 heterocycles. The van der Waals surface area contributed by atoms with E-state index in [1.54, 1.807) is 14.0 Å². The van der Waals surface area contributed by atoms with E-state index in [1.807, 2.05) is 57.7 Å². The fourth-order valence-electron chi connectivity index (χ4n) is 4.72. The molecule has 1 aromatic carbocycles. The summed E-state index contributed by atoms with van der Waals surface area (Å²) < 4.78 is 5.46. The molecular weight excluding hydrogens is 446 g/mol. The first-order chi connectivity index (χ1) is 16.5. The summed E-state index contributed by atoms with van der Waals surface area (Å²) >= 11 is 0. The Morgan fingerprint density at radius 2 is 1.94 bits per heavy atom. The van der Waals surface area contributed by atoms with Gasteiger partial charge in [0.1, 0.15) is 0 Å². The minimum atomic E-state index is -0.594. The molecule has 1 fully saturated rings. The van der Waals surface area contributed by atoms with Gasteiger partial charge in [-0.1, -0.05) is 23.8 Å².